The van der Waals surface area contributed by atoms with Gasteiger partial charge in [0.25, 0.3) is 0 Å². The van der Waals surface area contributed by atoms with Gasteiger partial charge in [0.15, 0.2) is 17.2 Å². The molecular formula is C23H26N2O7. The van der Waals surface area contributed by atoms with Gasteiger partial charge in [-0.15, -0.1) is 0 Å². The minimum absolute atomic E-state index is 0.104. The number of benzene rings is 1. The van der Waals surface area contributed by atoms with Crippen LogP contribution in [0, 0.1) is 29.6 Å². The Labute approximate surface area is 185 Å². The third-order valence-electron chi connectivity index (χ3n) is 7.34. The summed E-state index contributed by atoms with van der Waals surface area (Å²) in [5.74, 6) is -0.862. The Morgan fingerprint density at radius 2 is 1.81 bits per heavy atom. The molecule has 2 aliphatic carbocycles. The van der Waals surface area contributed by atoms with Crippen molar-refractivity contribution in [2.24, 2.45) is 34.7 Å². The highest BCUT2D eigenvalue weighted by atomic mass is 16.6. The molecule has 2 heterocycles. The van der Waals surface area contributed by atoms with Crippen LogP contribution in [0.3, 0.4) is 0 Å². The number of rotatable bonds is 7. The fraction of sp³-hybridized carbons (Fsp3) is 0.565. The molecule has 170 valence electrons. The van der Waals surface area contributed by atoms with E-state index in [9.17, 15) is 14.4 Å². The first-order valence-electron chi connectivity index (χ1n) is 11.0. The van der Waals surface area contributed by atoms with Crippen molar-refractivity contribution in [1.29, 1.82) is 0 Å². The third kappa shape index (κ3) is 2.90. The predicted octanol–water partition coefficient (Wildman–Crippen LogP) is 1.43. The zero-order valence-corrected chi connectivity index (χ0v) is 18.3. The van der Waals surface area contributed by atoms with Crippen molar-refractivity contribution < 1.29 is 33.4 Å². The molecule has 3 fully saturated rings. The van der Waals surface area contributed by atoms with Gasteiger partial charge in [-0.2, -0.15) is 0 Å². The summed E-state index contributed by atoms with van der Waals surface area (Å²) < 4.78 is 15.7. The molecule has 9 nitrogen and oxygen atoms in total. The lowest BCUT2D eigenvalue weighted by Crippen LogP contribution is -2.42. The standard InChI is InChI=1S/C23H26N2O7/c1-4-31-23(28)19-18-12-10-13(20(18)32-24-19)17-16(12)21(26)25(22(17)27)8-7-11-5-6-14(29-2)15(9-11)30-3/h5-6,9,12-13,16-18,20H,4,7-8,10H2,1-3H3/t12-,13+,16-,17+,18-,20-/m1/s1. The van der Waals surface area contributed by atoms with Gasteiger partial charge < -0.3 is 19.0 Å². The number of imide groups is 1. The van der Waals surface area contributed by atoms with Crippen molar-refractivity contribution in [3.8, 4) is 11.5 Å². The first-order chi connectivity index (χ1) is 15.5. The van der Waals surface area contributed by atoms with Gasteiger partial charge in [-0.25, -0.2) is 4.79 Å². The number of likely N-dealkylation sites (tertiary alicyclic amines) is 1. The van der Waals surface area contributed by atoms with Crippen LogP contribution >= 0.6 is 0 Å². The van der Waals surface area contributed by atoms with Crippen LogP contribution in [0.2, 0.25) is 0 Å². The topological polar surface area (TPSA) is 104 Å². The van der Waals surface area contributed by atoms with E-state index in [0.29, 0.717) is 30.9 Å². The van der Waals surface area contributed by atoms with Crippen molar-refractivity contribution in [3.63, 3.8) is 0 Å². The summed E-state index contributed by atoms with van der Waals surface area (Å²) in [4.78, 5) is 45.8. The lowest BCUT2D eigenvalue weighted by atomic mass is 9.72. The molecule has 0 N–H and O–H groups in total. The number of nitrogens with zero attached hydrogens (tertiary/aromatic N) is 2. The third-order valence-corrected chi connectivity index (χ3v) is 7.34. The van der Waals surface area contributed by atoms with Crippen molar-refractivity contribution in [2.45, 2.75) is 25.9 Å². The van der Waals surface area contributed by atoms with Gasteiger partial charge in [0.1, 0.15) is 6.10 Å². The normalized spacial score (nSPS) is 31.8. The molecular weight excluding hydrogens is 416 g/mol. The monoisotopic (exact) mass is 442 g/mol. The molecule has 6 atom stereocenters. The molecule has 1 aromatic carbocycles. The number of ether oxygens (including phenoxy) is 3. The Morgan fingerprint density at radius 1 is 1.09 bits per heavy atom. The van der Waals surface area contributed by atoms with E-state index in [4.69, 9.17) is 19.0 Å². The molecule has 0 aromatic heterocycles. The zero-order chi connectivity index (χ0) is 22.6. The smallest absolute Gasteiger partial charge is 0.356 e. The first kappa shape index (κ1) is 20.8. The Hall–Kier alpha value is -3.10. The number of carbonyl (C=O) groups excluding carboxylic acids is 3. The summed E-state index contributed by atoms with van der Waals surface area (Å²) in [5.41, 5.74) is 1.20. The summed E-state index contributed by atoms with van der Waals surface area (Å²) in [6, 6.07) is 5.57. The van der Waals surface area contributed by atoms with Gasteiger partial charge in [-0.05, 0) is 43.4 Å². The van der Waals surface area contributed by atoms with Crippen LogP contribution in [0.1, 0.15) is 18.9 Å². The minimum atomic E-state index is -0.494. The van der Waals surface area contributed by atoms with Crippen LogP contribution in [-0.2, 0) is 30.4 Å². The first-order valence-corrected chi connectivity index (χ1v) is 11.0. The van der Waals surface area contributed by atoms with Crippen LogP contribution in [0.15, 0.2) is 23.4 Å². The quantitative estimate of drug-likeness (QED) is 0.465. The van der Waals surface area contributed by atoms with Crippen LogP contribution in [0.25, 0.3) is 0 Å². The predicted molar refractivity (Wildman–Crippen MR) is 111 cm³/mol. The lowest BCUT2D eigenvalue weighted by Gasteiger charge is -2.29. The second-order valence-corrected chi connectivity index (χ2v) is 8.68. The van der Waals surface area contributed by atoms with E-state index >= 15 is 0 Å². The van der Waals surface area contributed by atoms with Crippen LogP contribution in [0.5, 0.6) is 11.5 Å². The summed E-state index contributed by atoms with van der Waals surface area (Å²) in [5, 5.41) is 3.97. The molecule has 0 radical (unpaired) electrons. The zero-order valence-electron chi connectivity index (χ0n) is 18.3. The average Bonchev–Trinajstić information content (AvgIpc) is 3.53. The Kier molecular flexibility index (Phi) is 5.06. The van der Waals surface area contributed by atoms with Crippen molar-refractivity contribution in [3.05, 3.63) is 23.8 Å². The highest BCUT2D eigenvalue weighted by Gasteiger charge is 2.70. The Balaban J connectivity index is 1.31. The van der Waals surface area contributed by atoms with Crippen LogP contribution in [-0.4, -0.2) is 61.9 Å². The molecule has 1 saturated heterocycles. The van der Waals surface area contributed by atoms with Gasteiger partial charge in [0, 0.05) is 12.5 Å². The maximum atomic E-state index is 13.3. The van der Waals surface area contributed by atoms with E-state index in [1.54, 1.807) is 21.1 Å². The molecule has 2 amide bonds. The molecule has 2 bridgehead atoms. The molecule has 2 aliphatic heterocycles. The molecule has 1 aromatic rings. The van der Waals surface area contributed by atoms with Crippen LogP contribution < -0.4 is 9.47 Å². The highest BCUT2D eigenvalue weighted by molar-refractivity contribution is 6.38. The number of oxime groups is 1. The fourth-order valence-corrected chi connectivity index (χ4v) is 6.06. The summed E-state index contributed by atoms with van der Waals surface area (Å²) in [7, 11) is 3.14. The Morgan fingerprint density at radius 3 is 2.50 bits per heavy atom. The van der Waals surface area contributed by atoms with E-state index in [1.165, 1.54) is 4.90 Å². The van der Waals surface area contributed by atoms with E-state index in [1.807, 2.05) is 18.2 Å². The molecule has 9 heteroatoms. The van der Waals surface area contributed by atoms with Gasteiger partial charge >= 0.3 is 5.97 Å². The van der Waals surface area contributed by atoms with Gasteiger partial charge in [0.05, 0.1) is 38.6 Å². The lowest BCUT2D eigenvalue weighted by molar-refractivity contribution is -0.141. The number of esters is 1. The number of fused-ring (bicyclic) bond motifs is 8. The van der Waals surface area contributed by atoms with Crippen molar-refractivity contribution in [2.75, 3.05) is 27.4 Å². The SMILES string of the molecule is CCOC(=O)C1=NO[C@@H]2[C@H]3C[C@H]([C@H]4C(=O)N(CCc5ccc(OC)c(OC)c5)C(=O)[C@@H]34)[C@H]12. The van der Waals surface area contributed by atoms with E-state index < -0.39 is 17.8 Å². The van der Waals surface area contributed by atoms with Gasteiger partial charge in [0.2, 0.25) is 11.8 Å². The molecule has 4 aliphatic rings. The molecule has 0 spiro atoms. The van der Waals surface area contributed by atoms with E-state index in [0.717, 1.165) is 5.56 Å². The maximum Gasteiger partial charge on any atom is 0.356 e. The molecule has 32 heavy (non-hydrogen) atoms. The molecule has 0 unspecified atom stereocenters. The number of amides is 2. The summed E-state index contributed by atoms with van der Waals surface area (Å²) in [6.07, 6.45) is 0.887. The largest absolute Gasteiger partial charge is 0.493 e. The number of hydrogen-bond donors (Lipinski definition) is 0. The number of carbonyl (C=O) groups is 3. The number of methoxy groups -OCH3 is 2. The minimum Gasteiger partial charge on any atom is -0.493 e. The van der Waals surface area contributed by atoms with Crippen molar-refractivity contribution >= 4 is 23.5 Å². The van der Waals surface area contributed by atoms with Gasteiger partial charge in [-0.1, -0.05) is 11.2 Å². The average molecular weight is 442 g/mol. The second-order valence-electron chi connectivity index (χ2n) is 8.68. The second kappa shape index (κ2) is 7.79. The molecule has 2 saturated carbocycles. The molecule has 5 rings (SSSR count). The highest BCUT2D eigenvalue weighted by Crippen LogP contribution is 2.61. The summed E-state index contributed by atoms with van der Waals surface area (Å²) >= 11 is 0. The summed E-state index contributed by atoms with van der Waals surface area (Å²) in [6.45, 7) is 2.28. The maximum absolute atomic E-state index is 13.3. The van der Waals surface area contributed by atoms with Crippen molar-refractivity contribution in [1.82, 2.24) is 4.90 Å². The fourth-order valence-electron chi connectivity index (χ4n) is 6.06. The number of hydrogen-bond acceptors (Lipinski definition) is 8. The van der Waals surface area contributed by atoms with Gasteiger partial charge in [-0.3, -0.25) is 14.5 Å². The van der Waals surface area contributed by atoms with Crippen LogP contribution in [0.4, 0.5) is 0 Å². The van der Waals surface area contributed by atoms with E-state index in [-0.39, 0.29) is 48.0 Å². The van der Waals surface area contributed by atoms with E-state index in [2.05, 4.69) is 5.16 Å². The Bertz CT molecular complexity index is 1010.